The molecule has 67 heavy (non-hydrogen) atoms. The Labute approximate surface area is 405 Å². The normalized spacial score (nSPS) is 18.5. The van der Waals surface area contributed by atoms with Crippen LogP contribution in [0.5, 0.6) is 0 Å². The maximum Gasteiger partial charge on any atom is 0.252 e. The average molecular weight is 885 g/mol. The van der Waals surface area contributed by atoms with E-state index in [9.17, 15) is 0 Å². The van der Waals surface area contributed by atoms with Gasteiger partial charge in [-0.05, 0) is 173 Å². The molecule has 0 saturated heterocycles. The summed E-state index contributed by atoms with van der Waals surface area (Å²) in [4.78, 5) is 5.45. The van der Waals surface area contributed by atoms with E-state index in [1.165, 1.54) is 119 Å². The summed E-state index contributed by atoms with van der Waals surface area (Å²) in [7, 11) is 0. The first-order valence-corrected chi connectivity index (χ1v) is 25.5. The highest BCUT2D eigenvalue weighted by Crippen LogP contribution is 2.55. The second kappa shape index (κ2) is 14.5. The minimum Gasteiger partial charge on any atom is -0.311 e. The van der Waals surface area contributed by atoms with Crippen LogP contribution in [0.4, 0.5) is 34.1 Å². The van der Waals surface area contributed by atoms with Gasteiger partial charge >= 0.3 is 0 Å². The summed E-state index contributed by atoms with van der Waals surface area (Å²) in [6, 6.07) is 41.7. The predicted molar refractivity (Wildman–Crippen MR) is 293 cm³/mol. The zero-order valence-corrected chi connectivity index (χ0v) is 44.4. The molecule has 4 aliphatic rings. The zero-order valence-electron chi connectivity index (χ0n) is 44.4. The van der Waals surface area contributed by atoms with Crippen molar-refractivity contribution in [1.29, 1.82) is 0 Å². The van der Waals surface area contributed by atoms with Crippen molar-refractivity contribution in [3.05, 3.63) is 148 Å². The highest BCUT2D eigenvalue weighted by Gasteiger charge is 2.49. The number of benzene rings is 6. The van der Waals surface area contributed by atoms with E-state index in [0.29, 0.717) is 0 Å². The van der Waals surface area contributed by atoms with Gasteiger partial charge in [-0.1, -0.05) is 178 Å². The third-order valence-corrected chi connectivity index (χ3v) is 16.9. The molecule has 0 unspecified atom stereocenters. The van der Waals surface area contributed by atoms with Crippen molar-refractivity contribution in [2.24, 2.45) is 0 Å². The van der Waals surface area contributed by atoms with E-state index < -0.39 is 0 Å². The zero-order chi connectivity index (χ0) is 48.3. The Morgan fingerprint density at radius 3 is 1.46 bits per heavy atom. The maximum absolute atomic E-state index is 2.75. The summed E-state index contributed by atoms with van der Waals surface area (Å²) in [5.41, 5.74) is 26.0. The Morgan fingerprint density at radius 1 is 0.418 bits per heavy atom. The third-order valence-electron chi connectivity index (χ3n) is 16.9. The number of hydrogen-bond acceptors (Lipinski definition) is 2. The van der Waals surface area contributed by atoms with Gasteiger partial charge in [0.1, 0.15) is 0 Å². The number of fused-ring (bicyclic) bond motifs is 6. The van der Waals surface area contributed by atoms with Crippen molar-refractivity contribution in [2.45, 2.75) is 182 Å². The monoisotopic (exact) mass is 885 g/mol. The Morgan fingerprint density at radius 2 is 0.881 bits per heavy atom. The molecule has 0 N–H and O–H groups in total. The molecule has 0 aromatic heterocycles. The van der Waals surface area contributed by atoms with E-state index in [2.05, 4.69) is 238 Å². The standard InChI is InChI=1S/C64H77BN2/c1-39-30-45-48(64(17,18)38-63(45,15)16)36-52(39)67-54-37-47-46(61(11,12)28-29-62(47,13)14)35-50(54)65-49-26-24-42(59(5,6)7)32-53(49)66(55-33-43(60(8,9)10)34-56(67)57(55)65)51-27-25-41(58(2,3)4)31-44(51)40-22-20-19-21-23-40/h19-27,30-37H,28-29,38H2,1-18H3. The van der Waals surface area contributed by atoms with Gasteiger partial charge in [0.2, 0.25) is 0 Å². The highest BCUT2D eigenvalue weighted by atomic mass is 15.2. The Balaban J connectivity index is 1.38. The van der Waals surface area contributed by atoms with Gasteiger partial charge in [-0.2, -0.15) is 0 Å². The van der Waals surface area contributed by atoms with Crippen LogP contribution in [-0.4, -0.2) is 6.71 Å². The van der Waals surface area contributed by atoms with Crippen LogP contribution >= 0.6 is 0 Å². The second-order valence-corrected chi connectivity index (χ2v) is 27.0. The van der Waals surface area contributed by atoms with Gasteiger partial charge in [0.25, 0.3) is 6.71 Å². The first-order chi connectivity index (χ1) is 31.0. The van der Waals surface area contributed by atoms with Crippen molar-refractivity contribution >= 4 is 57.2 Å². The first-order valence-electron chi connectivity index (χ1n) is 25.5. The largest absolute Gasteiger partial charge is 0.311 e. The highest BCUT2D eigenvalue weighted by molar-refractivity contribution is 7.00. The van der Waals surface area contributed by atoms with Gasteiger partial charge in [-0.25, -0.2) is 0 Å². The first kappa shape index (κ1) is 45.8. The Bertz CT molecular complexity index is 3010. The molecular weight excluding hydrogens is 808 g/mol. The quantitative estimate of drug-likeness (QED) is 0.163. The fourth-order valence-electron chi connectivity index (χ4n) is 12.9. The number of hydrogen-bond donors (Lipinski definition) is 0. The minimum atomic E-state index is -0.120. The van der Waals surface area contributed by atoms with E-state index in [-0.39, 0.29) is 44.6 Å². The number of aryl methyl sites for hydroxylation is 1. The molecule has 2 aliphatic carbocycles. The Kier molecular flexibility index (Phi) is 9.91. The lowest BCUT2D eigenvalue weighted by Crippen LogP contribution is -2.62. The molecular formula is C64H77BN2. The van der Waals surface area contributed by atoms with Gasteiger partial charge in [0, 0.05) is 34.0 Å². The minimum absolute atomic E-state index is 0.0130. The van der Waals surface area contributed by atoms with E-state index in [1.807, 2.05) is 0 Å². The van der Waals surface area contributed by atoms with Crippen molar-refractivity contribution in [2.75, 3.05) is 9.80 Å². The van der Waals surface area contributed by atoms with Crippen molar-refractivity contribution in [1.82, 2.24) is 0 Å². The van der Waals surface area contributed by atoms with E-state index in [0.717, 1.165) is 6.42 Å². The van der Waals surface area contributed by atoms with Crippen LogP contribution < -0.4 is 26.2 Å². The van der Waals surface area contributed by atoms with Gasteiger partial charge in [-0.15, -0.1) is 0 Å². The fourth-order valence-corrected chi connectivity index (χ4v) is 12.9. The van der Waals surface area contributed by atoms with Gasteiger partial charge < -0.3 is 9.80 Å². The smallest absolute Gasteiger partial charge is 0.252 e. The van der Waals surface area contributed by atoms with Crippen LogP contribution in [0, 0.1) is 6.92 Å². The molecule has 6 aromatic carbocycles. The average Bonchev–Trinajstić information content (AvgIpc) is 3.41. The van der Waals surface area contributed by atoms with Crippen LogP contribution in [0.1, 0.15) is 181 Å². The fraction of sp³-hybridized carbons (Fsp3) is 0.438. The van der Waals surface area contributed by atoms with E-state index >= 15 is 0 Å². The molecule has 0 atom stereocenters. The van der Waals surface area contributed by atoms with Crippen LogP contribution in [0.25, 0.3) is 11.1 Å². The molecule has 2 heterocycles. The van der Waals surface area contributed by atoms with E-state index in [1.54, 1.807) is 0 Å². The summed E-state index contributed by atoms with van der Waals surface area (Å²) in [6.07, 6.45) is 3.50. The second-order valence-electron chi connectivity index (χ2n) is 27.0. The van der Waals surface area contributed by atoms with Crippen molar-refractivity contribution < 1.29 is 0 Å². The van der Waals surface area contributed by atoms with Crippen LogP contribution in [-0.2, 0) is 37.9 Å². The number of rotatable bonds is 3. The van der Waals surface area contributed by atoms with Gasteiger partial charge in [0.05, 0.1) is 5.69 Å². The molecule has 0 fully saturated rings. The molecule has 346 valence electrons. The maximum atomic E-state index is 2.75. The molecule has 2 aliphatic heterocycles. The van der Waals surface area contributed by atoms with Crippen molar-refractivity contribution in [3.8, 4) is 11.1 Å². The summed E-state index contributed by atoms with van der Waals surface area (Å²) < 4.78 is 0. The number of nitrogens with zero attached hydrogens (tertiary/aromatic N) is 2. The lowest BCUT2D eigenvalue weighted by atomic mass is 9.33. The molecule has 6 aromatic rings. The Hall–Kier alpha value is -5.02. The topological polar surface area (TPSA) is 6.48 Å². The molecule has 10 rings (SSSR count). The molecule has 0 radical (unpaired) electrons. The molecule has 0 bridgehead atoms. The van der Waals surface area contributed by atoms with Crippen molar-refractivity contribution in [3.63, 3.8) is 0 Å². The lowest BCUT2D eigenvalue weighted by Gasteiger charge is -2.48. The summed E-state index contributed by atoms with van der Waals surface area (Å²) in [6.45, 7) is 43.6. The number of anilines is 6. The van der Waals surface area contributed by atoms with Crippen LogP contribution in [0.2, 0.25) is 0 Å². The molecule has 0 amide bonds. The molecule has 0 saturated carbocycles. The summed E-state index contributed by atoms with van der Waals surface area (Å²) >= 11 is 0. The molecule has 3 heteroatoms. The summed E-state index contributed by atoms with van der Waals surface area (Å²) in [5.74, 6) is 0. The van der Waals surface area contributed by atoms with Gasteiger partial charge in [-0.3, -0.25) is 0 Å². The molecule has 2 nitrogen and oxygen atoms in total. The SMILES string of the molecule is Cc1cc2c(cc1N1c3cc4c(cc3B3c5ccc(C(C)(C)C)cc5N(c5ccc(C(C)(C)C)cc5-c5ccccc5)c5cc(C(C)(C)C)cc1c53)C(C)(C)CCC4(C)C)C(C)(C)CC2(C)C. The predicted octanol–water partition coefficient (Wildman–Crippen LogP) is 15.9. The van der Waals surface area contributed by atoms with E-state index in [4.69, 9.17) is 0 Å². The van der Waals surface area contributed by atoms with Gasteiger partial charge in [0.15, 0.2) is 0 Å². The third kappa shape index (κ3) is 7.17. The van der Waals surface area contributed by atoms with Crippen LogP contribution in [0.3, 0.4) is 0 Å². The molecule has 0 spiro atoms. The lowest BCUT2D eigenvalue weighted by molar-refractivity contribution is 0.332. The summed E-state index contributed by atoms with van der Waals surface area (Å²) in [5, 5.41) is 0. The van der Waals surface area contributed by atoms with Crippen LogP contribution in [0.15, 0.2) is 103 Å².